The van der Waals surface area contributed by atoms with Crippen LogP contribution in [-0.2, 0) is 21.7 Å². The number of rotatable bonds is 4. The van der Waals surface area contributed by atoms with Gasteiger partial charge in [0, 0.05) is 0 Å². The van der Waals surface area contributed by atoms with Gasteiger partial charge in [0.25, 0.3) is 0 Å². The Kier molecular flexibility index (Phi) is 15.9. The maximum Gasteiger partial charge on any atom is 2.00 e. The number of halogens is 2. The Labute approximate surface area is 407 Å². The molecule has 10 aromatic carbocycles. The molecule has 2 fully saturated rings. The van der Waals surface area contributed by atoms with Crippen LogP contribution in [0.2, 0.25) is 0 Å². The van der Waals surface area contributed by atoms with E-state index in [0.29, 0.717) is 0 Å². The van der Waals surface area contributed by atoms with Crippen LogP contribution < -0.4 is 24.8 Å². The molecule has 12 rings (SSSR count). The molecular formula is C61H56Cl2Ti-4. The summed E-state index contributed by atoms with van der Waals surface area (Å²) in [5.74, 6) is 1.49. The van der Waals surface area contributed by atoms with Crippen molar-refractivity contribution in [3.05, 3.63) is 195 Å². The van der Waals surface area contributed by atoms with Gasteiger partial charge in [0.15, 0.2) is 0 Å². The molecule has 0 N–H and O–H groups in total. The first-order valence-corrected chi connectivity index (χ1v) is 23.0. The Hall–Kier alpha value is -4.69. The van der Waals surface area contributed by atoms with Gasteiger partial charge in [0.2, 0.25) is 0 Å². The Bertz CT molecular complexity index is 2800. The second-order valence-corrected chi connectivity index (χ2v) is 17.6. The average molecular weight is 908 g/mol. The Morgan fingerprint density at radius 1 is 0.375 bits per heavy atom. The summed E-state index contributed by atoms with van der Waals surface area (Å²) in [7, 11) is 0. The maximum absolute atomic E-state index is 3.38. The number of fused-ring (bicyclic) bond motifs is 6. The van der Waals surface area contributed by atoms with Gasteiger partial charge < -0.3 is 45.1 Å². The van der Waals surface area contributed by atoms with Crippen LogP contribution >= 0.6 is 0 Å². The van der Waals surface area contributed by atoms with Gasteiger partial charge in [0.1, 0.15) is 0 Å². The minimum absolute atomic E-state index is 0. The third-order valence-electron chi connectivity index (χ3n) is 13.8. The summed E-state index contributed by atoms with van der Waals surface area (Å²) in [6, 6.07) is 63.6. The standard InChI is InChI=1S/2C29H25.C3H6.2ClH.Ti/c2*1-2-9-20(10-3-1)24-18-23-13-8-16-27(28(23)19-24)29-25-14-6-4-11-21(25)17-22-12-5-7-15-26(22)29;1-3-2;;;/h2*4-8,11-20H,1-3,9-10H2;1-3H2;2*1H;/q2*-1;-2;;;+2/p-2. The van der Waals surface area contributed by atoms with E-state index < -0.39 is 0 Å². The first-order chi connectivity index (χ1) is 30.2. The van der Waals surface area contributed by atoms with Crippen molar-refractivity contribution < 1.29 is 46.5 Å². The molecule has 0 bridgehead atoms. The van der Waals surface area contributed by atoms with E-state index in [4.69, 9.17) is 0 Å². The van der Waals surface area contributed by atoms with Crippen molar-refractivity contribution in [2.75, 3.05) is 0 Å². The van der Waals surface area contributed by atoms with E-state index in [-0.39, 0.29) is 46.5 Å². The SMILES string of the molecule is [CH2-]C[CH2-].[Cl-].[Cl-].[Ti+2].c1ccc2c(-c3cccc4[cH-]c(C5CCCCC5)cc34)c3ccccc3cc2c1.c1ccc2c(-c3cccc4[cH-]c(C5CCCCC5)cc34)c3ccccc3cc2c1. The molecule has 0 unspecified atom stereocenters. The Morgan fingerprint density at radius 3 is 1.02 bits per heavy atom. The first-order valence-electron chi connectivity index (χ1n) is 23.0. The molecule has 0 amide bonds. The molecule has 0 nitrogen and oxygen atoms in total. The summed E-state index contributed by atoms with van der Waals surface area (Å²) in [5.41, 5.74) is 8.61. The topological polar surface area (TPSA) is 0 Å². The van der Waals surface area contributed by atoms with E-state index >= 15 is 0 Å². The van der Waals surface area contributed by atoms with Crippen LogP contribution in [0.5, 0.6) is 0 Å². The second kappa shape index (κ2) is 21.5. The van der Waals surface area contributed by atoms with Gasteiger partial charge in [-0.3, -0.25) is 0 Å². The van der Waals surface area contributed by atoms with Crippen molar-refractivity contribution in [2.24, 2.45) is 0 Å². The molecule has 0 spiro atoms. The van der Waals surface area contributed by atoms with Crippen LogP contribution in [0.15, 0.2) is 170 Å². The van der Waals surface area contributed by atoms with Crippen molar-refractivity contribution in [1.29, 1.82) is 0 Å². The van der Waals surface area contributed by atoms with Crippen molar-refractivity contribution in [3.63, 3.8) is 0 Å². The van der Waals surface area contributed by atoms with Crippen molar-refractivity contribution >= 4 is 64.6 Å². The van der Waals surface area contributed by atoms with E-state index in [0.717, 1.165) is 18.3 Å². The summed E-state index contributed by atoms with van der Waals surface area (Å²) in [4.78, 5) is 0. The molecule has 0 saturated heterocycles. The summed E-state index contributed by atoms with van der Waals surface area (Å²) < 4.78 is 0. The van der Waals surface area contributed by atoms with Crippen LogP contribution in [0.25, 0.3) is 86.9 Å². The number of hydrogen-bond acceptors (Lipinski definition) is 0. The Morgan fingerprint density at radius 2 is 0.688 bits per heavy atom. The van der Waals surface area contributed by atoms with Gasteiger partial charge in [-0.1, -0.05) is 159 Å². The van der Waals surface area contributed by atoms with Crippen LogP contribution in [0.3, 0.4) is 0 Å². The summed E-state index contributed by atoms with van der Waals surface area (Å²) in [6.07, 6.45) is 14.5. The predicted octanol–water partition coefficient (Wildman–Crippen LogP) is 12.2. The zero-order valence-corrected chi connectivity index (χ0v) is 39.8. The molecule has 322 valence electrons. The van der Waals surface area contributed by atoms with Crippen molar-refractivity contribution in [2.45, 2.75) is 82.5 Å². The molecular weight excluding hydrogens is 851 g/mol. The zero-order chi connectivity index (χ0) is 41.1. The molecule has 0 atom stereocenters. The van der Waals surface area contributed by atoms with E-state index in [9.17, 15) is 0 Å². The smallest absolute Gasteiger partial charge is 1.00 e. The summed E-state index contributed by atoms with van der Waals surface area (Å²) >= 11 is 0. The van der Waals surface area contributed by atoms with Gasteiger partial charge in [-0.05, 0) is 104 Å². The minimum Gasteiger partial charge on any atom is -1.00 e. The van der Waals surface area contributed by atoms with Crippen LogP contribution in [0.1, 0.15) is 93.6 Å². The molecule has 10 aromatic rings. The quantitative estimate of drug-likeness (QED) is 0.0938. The van der Waals surface area contributed by atoms with E-state index in [1.165, 1.54) is 151 Å². The molecule has 0 radical (unpaired) electrons. The zero-order valence-electron chi connectivity index (χ0n) is 36.8. The monoisotopic (exact) mass is 906 g/mol. The third kappa shape index (κ3) is 9.37. The van der Waals surface area contributed by atoms with Gasteiger partial charge >= 0.3 is 21.7 Å². The van der Waals surface area contributed by atoms with E-state index in [2.05, 4.69) is 184 Å². The third-order valence-corrected chi connectivity index (χ3v) is 13.8. The maximum atomic E-state index is 3.38. The fourth-order valence-electron chi connectivity index (χ4n) is 10.9. The molecule has 2 aliphatic carbocycles. The summed E-state index contributed by atoms with van der Waals surface area (Å²) in [5, 5.41) is 16.3. The second-order valence-electron chi connectivity index (χ2n) is 17.6. The van der Waals surface area contributed by atoms with Crippen molar-refractivity contribution in [1.82, 2.24) is 0 Å². The molecule has 2 aliphatic rings. The van der Waals surface area contributed by atoms with E-state index in [1.807, 2.05) is 0 Å². The van der Waals surface area contributed by atoms with E-state index in [1.54, 1.807) is 11.1 Å². The van der Waals surface area contributed by atoms with Crippen LogP contribution in [-0.4, -0.2) is 0 Å². The first kappa shape index (κ1) is 47.3. The fourth-order valence-corrected chi connectivity index (χ4v) is 10.9. The minimum atomic E-state index is 0. The Balaban J connectivity index is 0.000000173. The van der Waals surface area contributed by atoms with Crippen LogP contribution in [0.4, 0.5) is 0 Å². The van der Waals surface area contributed by atoms with Gasteiger partial charge in [-0.2, -0.15) is 12.1 Å². The molecule has 3 heteroatoms. The number of benzene rings is 8. The fraction of sp³-hybridized carbons (Fsp3) is 0.213. The molecule has 2 saturated carbocycles. The molecule has 0 aliphatic heterocycles. The molecule has 0 heterocycles. The summed E-state index contributed by atoms with van der Waals surface area (Å²) in [6.45, 7) is 6.75. The molecule has 64 heavy (non-hydrogen) atoms. The van der Waals surface area contributed by atoms with Gasteiger partial charge in [0.05, 0.1) is 0 Å². The molecule has 0 aromatic heterocycles. The average Bonchev–Trinajstić information content (AvgIpc) is 3.97. The number of hydrogen-bond donors (Lipinski definition) is 0. The van der Waals surface area contributed by atoms with Crippen LogP contribution in [0, 0.1) is 13.8 Å². The van der Waals surface area contributed by atoms with Gasteiger partial charge in [-0.25, -0.2) is 0 Å². The normalized spacial score (nSPS) is 14.3. The predicted molar refractivity (Wildman–Crippen MR) is 267 cm³/mol. The largest absolute Gasteiger partial charge is 2.00 e. The van der Waals surface area contributed by atoms with Crippen molar-refractivity contribution in [3.8, 4) is 22.3 Å². The van der Waals surface area contributed by atoms with Gasteiger partial charge in [-0.15, -0.1) is 69.1 Å².